The maximum absolute atomic E-state index is 13.8. The van der Waals surface area contributed by atoms with Gasteiger partial charge in [0.2, 0.25) is 5.91 Å². The minimum atomic E-state index is -0.128. The molecule has 0 aliphatic heterocycles. The summed E-state index contributed by atoms with van der Waals surface area (Å²) in [6, 6.07) is 11.8. The van der Waals surface area contributed by atoms with Crippen molar-refractivity contribution in [2.45, 2.75) is 75.8 Å². The van der Waals surface area contributed by atoms with E-state index in [1.54, 1.807) is 0 Å². The number of carbonyl (C=O) groups excluding carboxylic acids is 1. The van der Waals surface area contributed by atoms with Crippen LogP contribution < -0.4 is 11.1 Å². The average molecular weight is 413 g/mol. The number of hydrogen-bond acceptors (Lipinski definition) is 3. The molecular weight excluding hydrogens is 376 g/mol. The second-order valence-corrected chi connectivity index (χ2v) is 11.7. The van der Waals surface area contributed by atoms with Gasteiger partial charge >= 0.3 is 0 Å². The zero-order valence-corrected chi connectivity index (χ0v) is 18.6. The summed E-state index contributed by atoms with van der Waals surface area (Å²) in [6.07, 6.45) is 8.89. The van der Waals surface area contributed by atoms with E-state index in [0.717, 1.165) is 44.4 Å². The molecule has 0 spiro atoms. The van der Waals surface area contributed by atoms with Crippen molar-refractivity contribution in [2.24, 2.45) is 28.9 Å². The van der Waals surface area contributed by atoms with E-state index >= 15 is 0 Å². The SMILES string of the molecule is CCSCC1C2CC3(c4ccccc4)CC1C(C(=O)NC1CCC(N)CC1)(C2)C3. The van der Waals surface area contributed by atoms with Gasteiger partial charge in [0.05, 0.1) is 5.41 Å². The molecule has 4 heteroatoms. The summed E-state index contributed by atoms with van der Waals surface area (Å²) in [5, 5.41) is 3.53. The maximum Gasteiger partial charge on any atom is 0.226 e. The molecule has 1 aromatic rings. The molecule has 5 unspecified atom stereocenters. The maximum atomic E-state index is 13.8. The molecular formula is C25H36N2OS. The molecule has 5 saturated carbocycles. The van der Waals surface area contributed by atoms with Gasteiger partial charge in [0.15, 0.2) is 0 Å². The molecule has 5 fully saturated rings. The highest BCUT2D eigenvalue weighted by Crippen LogP contribution is 2.73. The summed E-state index contributed by atoms with van der Waals surface area (Å²) >= 11 is 2.08. The van der Waals surface area contributed by atoms with E-state index in [0.29, 0.717) is 29.8 Å². The first-order chi connectivity index (χ1) is 14.1. The van der Waals surface area contributed by atoms with Crippen LogP contribution in [0.3, 0.4) is 0 Å². The number of benzene rings is 1. The van der Waals surface area contributed by atoms with E-state index in [4.69, 9.17) is 5.73 Å². The molecule has 5 aliphatic rings. The zero-order valence-electron chi connectivity index (χ0n) is 17.7. The summed E-state index contributed by atoms with van der Waals surface area (Å²) < 4.78 is 0. The van der Waals surface area contributed by atoms with E-state index in [9.17, 15) is 4.79 Å². The van der Waals surface area contributed by atoms with Crippen molar-refractivity contribution in [3.63, 3.8) is 0 Å². The Morgan fingerprint density at radius 1 is 1.14 bits per heavy atom. The Hall–Kier alpha value is -1.00. The van der Waals surface area contributed by atoms with E-state index < -0.39 is 0 Å². The van der Waals surface area contributed by atoms with E-state index in [1.807, 2.05) is 0 Å². The molecule has 158 valence electrons. The van der Waals surface area contributed by atoms with Crippen LogP contribution in [-0.2, 0) is 10.2 Å². The first kappa shape index (κ1) is 19.9. The molecule has 4 bridgehead atoms. The minimum Gasteiger partial charge on any atom is -0.353 e. The van der Waals surface area contributed by atoms with Crippen LogP contribution in [-0.4, -0.2) is 29.5 Å². The second-order valence-electron chi connectivity index (χ2n) is 10.4. The van der Waals surface area contributed by atoms with Crippen LogP contribution in [0.15, 0.2) is 30.3 Å². The largest absolute Gasteiger partial charge is 0.353 e. The Kier molecular flexibility index (Phi) is 5.23. The van der Waals surface area contributed by atoms with Crippen molar-refractivity contribution in [2.75, 3.05) is 11.5 Å². The van der Waals surface area contributed by atoms with Crippen molar-refractivity contribution in [1.29, 1.82) is 0 Å². The fourth-order valence-electron chi connectivity index (χ4n) is 7.61. The lowest BCUT2D eigenvalue weighted by Crippen LogP contribution is -2.49. The summed E-state index contributed by atoms with van der Waals surface area (Å²) in [4.78, 5) is 13.8. The highest BCUT2D eigenvalue weighted by Gasteiger charge is 2.70. The monoisotopic (exact) mass is 412 g/mol. The molecule has 3 nitrogen and oxygen atoms in total. The Balaban J connectivity index is 1.41. The first-order valence-electron chi connectivity index (χ1n) is 11.8. The van der Waals surface area contributed by atoms with Crippen molar-refractivity contribution in [3.8, 4) is 0 Å². The minimum absolute atomic E-state index is 0.128. The lowest BCUT2D eigenvalue weighted by atomic mass is 9.62. The third-order valence-corrected chi connectivity index (χ3v) is 9.86. The predicted molar refractivity (Wildman–Crippen MR) is 121 cm³/mol. The summed E-state index contributed by atoms with van der Waals surface area (Å²) in [5.74, 6) is 4.81. The fourth-order valence-corrected chi connectivity index (χ4v) is 8.62. The molecule has 0 radical (unpaired) electrons. The zero-order chi connectivity index (χ0) is 20.1. The lowest BCUT2D eigenvalue weighted by Gasteiger charge is -2.43. The third-order valence-electron chi connectivity index (χ3n) is 8.84. The lowest BCUT2D eigenvalue weighted by molar-refractivity contribution is -0.134. The molecule has 0 aromatic heterocycles. The number of carbonyl (C=O) groups is 1. The van der Waals surface area contributed by atoms with Gasteiger partial charge in [0.25, 0.3) is 0 Å². The quantitative estimate of drug-likeness (QED) is 0.723. The van der Waals surface area contributed by atoms with Crippen LogP contribution in [0.4, 0.5) is 0 Å². The van der Waals surface area contributed by atoms with E-state index in [2.05, 4.69) is 54.3 Å². The first-order valence-corrected chi connectivity index (χ1v) is 12.9. The van der Waals surface area contributed by atoms with Gasteiger partial charge in [-0.15, -0.1) is 0 Å². The highest BCUT2D eigenvalue weighted by atomic mass is 32.2. The Labute approximate surface area is 180 Å². The van der Waals surface area contributed by atoms with Gasteiger partial charge in [0, 0.05) is 12.1 Å². The Morgan fingerprint density at radius 3 is 2.62 bits per heavy atom. The van der Waals surface area contributed by atoms with E-state index in [-0.39, 0.29) is 10.8 Å². The van der Waals surface area contributed by atoms with Crippen LogP contribution in [0.1, 0.15) is 63.9 Å². The molecule has 5 atom stereocenters. The molecule has 3 N–H and O–H groups in total. The number of nitrogens with one attached hydrogen (secondary N) is 1. The van der Waals surface area contributed by atoms with Crippen LogP contribution in [0.5, 0.6) is 0 Å². The van der Waals surface area contributed by atoms with Gasteiger partial charge in [-0.05, 0) is 91.6 Å². The third kappa shape index (κ3) is 3.26. The Bertz CT molecular complexity index is 746. The van der Waals surface area contributed by atoms with Crippen molar-refractivity contribution in [3.05, 3.63) is 35.9 Å². The second kappa shape index (κ2) is 7.60. The number of amides is 1. The number of hydrogen-bond donors (Lipinski definition) is 2. The van der Waals surface area contributed by atoms with Gasteiger partial charge in [-0.3, -0.25) is 4.79 Å². The number of rotatable bonds is 6. The Morgan fingerprint density at radius 2 is 1.90 bits per heavy atom. The van der Waals surface area contributed by atoms with Gasteiger partial charge in [0.1, 0.15) is 0 Å². The van der Waals surface area contributed by atoms with Crippen molar-refractivity contribution < 1.29 is 4.79 Å². The topological polar surface area (TPSA) is 55.1 Å². The fraction of sp³-hybridized carbons (Fsp3) is 0.720. The van der Waals surface area contributed by atoms with Crippen molar-refractivity contribution in [1.82, 2.24) is 5.32 Å². The van der Waals surface area contributed by atoms with Gasteiger partial charge in [-0.1, -0.05) is 37.3 Å². The van der Waals surface area contributed by atoms with Crippen LogP contribution in [0.25, 0.3) is 0 Å². The van der Waals surface area contributed by atoms with E-state index in [1.165, 1.54) is 29.9 Å². The predicted octanol–water partition coefficient (Wildman–Crippen LogP) is 4.50. The summed E-state index contributed by atoms with van der Waals surface area (Å²) in [6.45, 7) is 2.26. The summed E-state index contributed by atoms with van der Waals surface area (Å²) in [5.41, 5.74) is 7.67. The molecule has 1 aromatic carbocycles. The van der Waals surface area contributed by atoms with Gasteiger partial charge in [-0.2, -0.15) is 11.8 Å². The standard InChI is InChI=1S/C25H36N2OS/c1-2-29-15-21-17-12-24(18-6-4-3-5-7-18)14-22(21)25(13-17,16-24)23(28)27-20-10-8-19(26)9-11-20/h3-7,17,19-22H,2,8-16,26H2,1H3,(H,27,28). The molecule has 1 amide bonds. The molecule has 0 saturated heterocycles. The molecule has 29 heavy (non-hydrogen) atoms. The molecule has 6 rings (SSSR count). The van der Waals surface area contributed by atoms with Crippen LogP contribution >= 0.6 is 11.8 Å². The van der Waals surface area contributed by atoms with Gasteiger partial charge < -0.3 is 11.1 Å². The average Bonchev–Trinajstić information content (AvgIpc) is 3.11. The van der Waals surface area contributed by atoms with Crippen molar-refractivity contribution >= 4 is 17.7 Å². The normalized spacial score (nSPS) is 42.9. The van der Waals surface area contributed by atoms with Crippen LogP contribution in [0, 0.1) is 23.2 Å². The molecule has 0 heterocycles. The molecule has 5 aliphatic carbocycles. The van der Waals surface area contributed by atoms with Crippen LogP contribution in [0.2, 0.25) is 0 Å². The number of thioether (sulfide) groups is 1. The summed E-state index contributed by atoms with van der Waals surface area (Å²) in [7, 11) is 0. The smallest absolute Gasteiger partial charge is 0.226 e. The number of nitrogens with two attached hydrogens (primary N) is 1. The highest BCUT2D eigenvalue weighted by molar-refractivity contribution is 7.99. The van der Waals surface area contributed by atoms with Gasteiger partial charge in [-0.25, -0.2) is 0 Å².